The van der Waals surface area contributed by atoms with Gasteiger partial charge in [-0.25, -0.2) is 4.39 Å². The van der Waals surface area contributed by atoms with Crippen molar-refractivity contribution in [2.45, 2.75) is 25.5 Å². The molecule has 0 unspecified atom stereocenters. The second-order valence-corrected chi connectivity index (χ2v) is 3.21. The molecule has 3 nitrogen and oxygen atoms in total. The van der Waals surface area contributed by atoms with Crippen LogP contribution in [-0.2, 0) is 0 Å². The van der Waals surface area contributed by atoms with E-state index in [-0.39, 0.29) is 23.7 Å². The van der Waals surface area contributed by atoms with Crippen LogP contribution in [0.4, 0.5) is 4.39 Å². The van der Waals surface area contributed by atoms with E-state index < -0.39 is 18.0 Å². The van der Waals surface area contributed by atoms with Crippen molar-refractivity contribution < 1.29 is 14.6 Å². The average Bonchev–Trinajstić information content (AvgIpc) is 2.15. The van der Waals surface area contributed by atoms with E-state index in [9.17, 15) is 9.50 Å². The minimum atomic E-state index is -0.769. The third-order valence-electron chi connectivity index (χ3n) is 2.18. The molecule has 86 valence electrons. The Balaban J connectivity index is 0.00000196. The zero-order chi connectivity index (χ0) is 10.7. The number of phenols is 1. The highest BCUT2D eigenvalue weighted by Crippen LogP contribution is 2.22. The van der Waals surface area contributed by atoms with Gasteiger partial charge in [0.2, 0.25) is 0 Å². The van der Waals surface area contributed by atoms with E-state index in [2.05, 4.69) is 0 Å². The van der Waals surface area contributed by atoms with E-state index in [1.165, 1.54) is 12.1 Å². The fraction of sp³-hybridized carbons (Fsp3) is 0.400. The van der Waals surface area contributed by atoms with Crippen molar-refractivity contribution in [1.82, 2.24) is 0 Å². The van der Waals surface area contributed by atoms with Crippen molar-refractivity contribution in [2.75, 3.05) is 0 Å². The van der Waals surface area contributed by atoms with Gasteiger partial charge < -0.3 is 15.9 Å². The van der Waals surface area contributed by atoms with Crippen LogP contribution < -0.4 is 5.73 Å². The van der Waals surface area contributed by atoms with Crippen LogP contribution in [-0.4, -0.2) is 16.3 Å². The normalized spacial score (nSPS) is 14.1. The molecule has 0 saturated heterocycles. The summed E-state index contributed by atoms with van der Waals surface area (Å²) in [5.41, 5.74) is 5.85. The highest BCUT2D eigenvalue weighted by atomic mass is 35.5. The maximum Gasteiger partial charge on any atom is 0.131 e. The van der Waals surface area contributed by atoms with E-state index in [1.807, 2.05) is 0 Å². The molecule has 0 heterocycles. The van der Waals surface area contributed by atoms with Gasteiger partial charge in [0.05, 0.1) is 12.1 Å². The number of hydrogen-bond donors (Lipinski definition) is 3. The second kappa shape index (κ2) is 5.90. The van der Waals surface area contributed by atoms with Crippen LogP contribution in [0.3, 0.4) is 0 Å². The maximum absolute atomic E-state index is 13.2. The van der Waals surface area contributed by atoms with Gasteiger partial charge in [0.1, 0.15) is 11.6 Å². The van der Waals surface area contributed by atoms with E-state index in [0.29, 0.717) is 6.42 Å². The highest BCUT2D eigenvalue weighted by molar-refractivity contribution is 5.85. The van der Waals surface area contributed by atoms with Gasteiger partial charge in [-0.2, -0.15) is 0 Å². The van der Waals surface area contributed by atoms with Crippen LogP contribution in [0.5, 0.6) is 5.75 Å². The molecule has 5 heteroatoms. The van der Waals surface area contributed by atoms with Gasteiger partial charge in [-0.3, -0.25) is 0 Å². The lowest BCUT2D eigenvalue weighted by Crippen LogP contribution is -2.26. The molecule has 1 rings (SSSR count). The third-order valence-corrected chi connectivity index (χ3v) is 2.18. The van der Waals surface area contributed by atoms with Crippen LogP contribution in [0, 0.1) is 5.82 Å². The van der Waals surface area contributed by atoms with Crippen molar-refractivity contribution >= 4 is 12.4 Å². The molecule has 15 heavy (non-hydrogen) atoms. The molecule has 0 aliphatic rings. The molecule has 0 spiro atoms. The lowest BCUT2D eigenvalue weighted by atomic mass is 10.00. The summed E-state index contributed by atoms with van der Waals surface area (Å²) in [6.07, 6.45) is -0.310. The lowest BCUT2D eigenvalue weighted by Gasteiger charge is -2.18. The summed E-state index contributed by atoms with van der Waals surface area (Å²) in [5, 5.41) is 18.4. The topological polar surface area (TPSA) is 66.5 Å². The van der Waals surface area contributed by atoms with E-state index in [0.717, 1.165) is 6.07 Å². The summed E-state index contributed by atoms with van der Waals surface area (Å²) in [5.74, 6) is -0.741. The maximum atomic E-state index is 13.2. The van der Waals surface area contributed by atoms with Crippen molar-refractivity contribution in [3.05, 3.63) is 29.6 Å². The number of aliphatic hydroxyl groups excluding tert-OH is 1. The Hall–Kier alpha value is -0.840. The molecule has 0 fully saturated rings. The summed E-state index contributed by atoms with van der Waals surface area (Å²) >= 11 is 0. The quantitative estimate of drug-likeness (QED) is 0.748. The molecule has 0 aromatic heterocycles. The predicted molar refractivity (Wildman–Crippen MR) is 58.5 cm³/mol. The van der Waals surface area contributed by atoms with Gasteiger partial charge in [0, 0.05) is 11.6 Å². The smallest absolute Gasteiger partial charge is 0.131 e. The van der Waals surface area contributed by atoms with E-state index in [1.54, 1.807) is 6.92 Å². The zero-order valence-electron chi connectivity index (χ0n) is 8.35. The minimum Gasteiger partial charge on any atom is -0.508 e. The van der Waals surface area contributed by atoms with Crippen molar-refractivity contribution in [3.8, 4) is 5.75 Å². The molecule has 0 saturated carbocycles. The number of halogens is 2. The van der Waals surface area contributed by atoms with Gasteiger partial charge in [-0.1, -0.05) is 13.0 Å². The summed E-state index contributed by atoms with van der Waals surface area (Å²) < 4.78 is 13.2. The highest BCUT2D eigenvalue weighted by Gasteiger charge is 2.18. The first-order chi connectivity index (χ1) is 6.56. The largest absolute Gasteiger partial charge is 0.508 e. The fourth-order valence-corrected chi connectivity index (χ4v) is 1.25. The Morgan fingerprint density at radius 3 is 2.53 bits per heavy atom. The second-order valence-electron chi connectivity index (χ2n) is 3.21. The lowest BCUT2D eigenvalue weighted by molar-refractivity contribution is 0.139. The summed E-state index contributed by atoms with van der Waals surface area (Å²) in [4.78, 5) is 0. The Morgan fingerprint density at radius 1 is 1.47 bits per heavy atom. The van der Waals surface area contributed by atoms with Crippen molar-refractivity contribution in [2.24, 2.45) is 5.73 Å². The number of hydrogen-bond acceptors (Lipinski definition) is 3. The molecule has 2 atom stereocenters. The molecule has 0 aliphatic carbocycles. The Kier molecular flexibility index (Phi) is 5.57. The average molecular weight is 236 g/mol. The van der Waals surface area contributed by atoms with Crippen LogP contribution in [0.15, 0.2) is 18.2 Å². The van der Waals surface area contributed by atoms with Gasteiger partial charge in [0.25, 0.3) is 0 Å². The predicted octanol–water partition coefficient (Wildman–Crippen LogP) is 1.72. The molecular weight excluding hydrogens is 221 g/mol. The zero-order valence-corrected chi connectivity index (χ0v) is 9.17. The Labute approximate surface area is 94.1 Å². The molecule has 0 amide bonds. The van der Waals surface area contributed by atoms with Gasteiger partial charge in [-0.15, -0.1) is 12.4 Å². The summed E-state index contributed by atoms with van der Waals surface area (Å²) in [7, 11) is 0. The van der Waals surface area contributed by atoms with Gasteiger partial charge in [0.15, 0.2) is 0 Å². The summed E-state index contributed by atoms with van der Waals surface area (Å²) in [6.45, 7) is 1.77. The van der Waals surface area contributed by atoms with Crippen LogP contribution in [0.2, 0.25) is 0 Å². The SMILES string of the molecule is CC[C@H](O)[C@H](N)c1ccc(O)cc1F.Cl. The molecule has 0 bridgehead atoms. The first-order valence-corrected chi connectivity index (χ1v) is 4.48. The summed E-state index contributed by atoms with van der Waals surface area (Å²) in [6, 6.07) is 2.97. The third kappa shape index (κ3) is 3.34. The number of phenolic OH excluding ortho intramolecular Hbond substituents is 1. The number of aliphatic hydroxyl groups is 1. The Morgan fingerprint density at radius 2 is 2.07 bits per heavy atom. The van der Waals surface area contributed by atoms with Gasteiger partial charge in [-0.05, 0) is 12.5 Å². The van der Waals surface area contributed by atoms with Crippen LogP contribution in [0.25, 0.3) is 0 Å². The molecule has 1 aromatic rings. The fourth-order valence-electron chi connectivity index (χ4n) is 1.25. The number of benzene rings is 1. The molecule has 4 N–H and O–H groups in total. The molecule has 0 aliphatic heterocycles. The minimum absolute atomic E-state index is 0. The van der Waals surface area contributed by atoms with Crippen molar-refractivity contribution in [1.29, 1.82) is 0 Å². The standard InChI is InChI=1S/C10H14FNO2.ClH/c1-2-9(14)10(12)7-4-3-6(13)5-8(7)11;/h3-5,9-10,13-14H,2,12H2,1H3;1H/t9-,10+;/m0./s1. The van der Waals surface area contributed by atoms with Crippen molar-refractivity contribution in [3.63, 3.8) is 0 Å². The first kappa shape index (κ1) is 14.2. The molecule has 0 radical (unpaired) electrons. The number of nitrogens with two attached hydrogens (primary N) is 1. The van der Waals surface area contributed by atoms with Crippen LogP contribution >= 0.6 is 12.4 Å². The molecule has 1 aromatic carbocycles. The van der Waals surface area contributed by atoms with Gasteiger partial charge >= 0.3 is 0 Å². The number of aromatic hydroxyl groups is 1. The number of rotatable bonds is 3. The Bertz CT molecular complexity index is 322. The van der Waals surface area contributed by atoms with E-state index >= 15 is 0 Å². The monoisotopic (exact) mass is 235 g/mol. The first-order valence-electron chi connectivity index (χ1n) is 4.48. The van der Waals surface area contributed by atoms with Crippen LogP contribution in [0.1, 0.15) is 24.9 Å². The molecular formula is C10H15ClFNO2. The van der Waals surface area contributed by atoms with E-state index in [4.69, 9.17) is 10.8 Å².